The van der Waals surface area contributed by atoms with E-state index in [0.717, 1.165) is 61.2 Å². The van der Waals surface area contributed by atoms with E-state index in [4.69, 9.17) is 9.47 Å². The van der Waals surface area contributed by atoms with Crippen LogP contribution in [0, 0.1) is 35.5 Å². The highest BCUT2D eigenvalue weighted by Gasteiger charge is 2.15. The van der Waals surface area contributed by atoms with Gasteiger partial charge in [0.05, 0.1) is 0 Å². The van der Waals surface area contributed by atoms with Gasteiger partial charge in [0.15, 0.2) is 0 Å². The molecule has 4 nitrogen and oxygen atoms in total. The Labute approximate surface area is 331 Å². The molecule has 0 aliphatic heterocycles. The van der Waals surface area contributed by atoms with Gasteiger partial charge >= 0.3 is 11.9 Å². The molecule has 6 atom stereocenters. The smallest absolute Gasteiger partial charge is 0.306 e. The van der Waals surface area contributed by atoms with Crippen LogP contribution in [0.4, 0.5) is 0 Å². The first kappa shape index (κ1) is 51.4. The summed E-state index contributed by atoms with van der Waals surface area (Å²) < 4.78 is 11.6. The fourth-order valence-electron chi connectivity index (χ4n) is 7.52. The second-order valence-electron chi connectivity index (χ2n) is 18.5. The molecule has 0 aliphatic rings. The predicted octanol–water partition coefficient (Wildman–Crippen LogP) is 15.6. The third-order valence-corrected chi connectivity index (χ3v) is 11.4. The van der Waals surface area contributed by atoms with Gasteiger partial charge in [0, 0.05) is 12.8 Å². The van der Waals surface area contributed by atoms with Gasteiger partial charge in [-0.25, -0.2) is 0 Å². The van der Waals surface area contributed by atoms with Crippen LogP contribution < -0.4 is 0 Å². The molecular formula is C49H92O4. The average molecular weight is 745 g/mol. The molecule has 0 heterocycles. The molecule has 0 bridgehead atoms. The van der Waals surface area contributed by atoms with E-state index in [2.05, 4.69) is 95.2 Å². The second kappa shape index (κ2) is 32.6. The summed E-state index contributed by atoms with van der Waals surface area (Å²) in [7, 11) is 0. The molecule has 0 aromatic heterocycles. The zero-order chi connectivity index (χ0) is 40.0. The van der Waals surface area contributed by atoms with E-state index in [0.29, 0.717) is 6.42 Å². The van der Waals surface area contributed by atoms with Gasteiger partial charge in [-0.3, -0.25) is 9.59 Å². The van der Waals surface area contributed by atoms with Crippen LogP contribution in [0.5, 0.6) is 0 Å². The van der Waals surface area contributed by atoms with Crippen molar-refractivity contribution in [1.82, 2.24) is 0 Å². The normalized spacial score (nSPS) is 16.0. The monoisotopic (exact) mass is 745 g/mol. The highest BCUT2D eigenvalue weighted by Crippen LogP contribution is 2.24. The Morgan fingerprint density at radius 3 is 0.981 bits per heavy atom. The molecule has 0 rings (SSSR count). The van der Waals surface area contributed by atoms with Crippen molar-refractivity contribution in [3.05, 3.63) is 23.3 Å². The van der Waals surface area contributed by atoms with Crippen LogP contribution in [0.15, 0.2) is 23.3 Å². The highest BCUT2D eigenvalue weighted by molar-refractivity contribution is 5.73. The molecular weight excluding hydrogens is 653 g/mol. The van der Waals surface area contributed by atoms with Crippen LogP contribution >= 0.6 is 0 Å². The van der Waals surface area contributed by atoms with Crippen molar-refractivity contribution in [2.45, 2.75) is 243 Å². The van der Waals surface area contributed by atoms with Gasteiger partial charge in [0.2, 0.25) is 0 Å². The molecule has 0 amide bonds. The van der Waals surface area contributed by atoms with Gasteiger partial charge in [0.25, 0.3) is 0 Å². The Hall–Kier alpha value is -1.58. The van der Waals surface area contributed by atoms with E-state index in [9.17, 15) is 9.59 Å². The lowest BCUT2D eigenvalue weighted by molar-refractivity contribution is -0.148. The lowest BCUT2D eigenvalue weighted by atomic mass is 9.91. The maximum atomic E-state index is 12.6. The number of hydrogen-bond donors (Lipinski definition) is 0. The number of ether oxygens (including phenoxy) is 2. The average Bonchev–Trinajstić information content (AvgIpc) is 3.07. The summed E-state index contributed by atoms with van der Waals surface area (Å²) >= 11 is 0. The zero-order valence-electron chi connectivity index (χ0n) is 37.7. The standard InChI is InChI=1S/C49H92O4/c1-13-46(36-44(11)32-19-30-42(9)28-17-26-40(7)24-15-22-38(3)4)52-48(50)34-21-35-49(51)53-47(14-2)37-45(12)33-20-31-43(10)29-18-27-41(8)25-16-23-39(5)6/h36-43,46-47H,13-35H2,1-12H3. The second-order valence-corrected chi connectivity index (χ2v) is 18.5. The van der Waals surface area contributed by atoms with Crippen LogP contribution in [0.1, 0.15) is 231 Å². The molecule has 6 unspecified atom stereocenters. The summed E-state index contributed by atoms with van der Waals surface area (Å²) in [5.41, 5.74) is 2.60. The molecule has 0 fully saturated rings. The molecule has 0 radical (unpaired) electrons. The van der Waals surface area contributed by atoms with Crippen LogP contribution in [-0.2, 0) is 19.1 Å². The Morgan fingerprint density at radius 1 is 0.415 bits per heavy atom. The van der Waals surface area contributed by atoms with Crippen molar-refractivity contribution >= 4 is 11.9 Å². The number of rotatable bonds is 34. The summed E-state index contributed by atoms with van der Waals surface area (Å²) in [4.78, 5) is 25.2. The van der Waals surface area contributed by atoms with E-state index in [1.807, 2.05) is 0 Å². The summed E-state index contributed by atoms with van der Waals surface area (Å²) in [5.74, 6) is 4.43. The van der Waals surface area contributed by atoms with Crippen LogP contribution in [-0.4, -0.2) is 24.1 Å². The number of hydrogen-bond acceptors (Lipinski definition) is 4. The molecule has 0 N–H and O–H groups in total. The first-order valence-corrected chi connectivity index (χ1v) is 22.9. The van der Waals surface area contributed by atoms with Crippen LogP contribution in [0.25, 0.3) is 0 Å². The minimum absolute atomic E-state index is 0.197. The van der Waals surface area contributed by atoms with E-state index in [1.54, 1.807) is 0 Å². The summed E-state index contributed by atoms with van der Waals surface area (Å²) in [5, 5.41) is 0. The lowest BCUT2D eigenvalue weighted by Gasteiger charge is -2.16. The Morgan fingerprint density at radius 2 is 0.698 bits per heavy atom. The van der Waals surface area contributed by atoms with Crippen molar-refractivity contribution in [2.24, 2.45) is 35.5 Å². The van der Waals surface area contributed by atoms with Gasteiger partial charge in [-0.2, -0.15) is 0 Å². The van der Waals surface area contributed by atoms with Gasteiger partial charge in [-0.1, -0.05) is 170 Å². The Balaban J connectivity index is 4.30. The van der Waals surface area contributed by atoms with E-state index in [-0.39, 0.29) is 37.0 Å². The van der Waals surface area contributed by atoms with Gasteiger partial charge in [0.1, 0.15) is 12.2 Å². The number of esters is 2. The van der Waals surface area contributed by atoms with Crippen molar-refractivity contribution in [3.63, 3.8) is 0 Å². The van der Waals surface area contributed by atoms with Crippen molar-refractivity contribution in [2.75, 3.05) is 0 Å². The van der Waals surface area contributed by atoms with Crippen LogP contribution in [0.3, 0.4) is 0 Å². The topological polar surface area (TPSA) is 52.6 Å². The van der Waals surface area contributed by atoms with Crippen molar-refractivity contribution in [1.29, 1.82) is 0 Å². The Bertz CT molecular complexity index is 886. The minimum atomic E-state index is -0.228. The van der Waals surface area contributed by atoms with E-state index >= 15 is 0 Å². The molecule has 0 aromatic rings. The number of allylic oxidation sites excluding steroid dienone is 2. The molecule has 4 heteroatoms. The van der Waals surface area contributed by atoms with Crippen molar-refractivity contribution in [3.8, 4) is 0 Å². The largest absolute Gasteiger partial charge is 0.458 e. The minimum Gasteiger partial charge on any atom is -0.458 e. The van der Waals surface area contributed by atoms with Gasteiger partial charge < -0.3 is 9.47 Å². The lowest BCUT2D eigenvalue weighted by Crippen LogP contribution is -2.18. The molecule has 0 saturated carbocycles. The first-order chi connectivity index (χ1) is 25.1. The third-order valence-electron chi connectivity index (χ3n) is 11.4. The molecule has 0 aromatic carbocycles. The van der Waals surface area contributed by atoms with E-state index < -0.39 is 0 Å². The van der Waals surface area contributed by atoms with Gasteiger partial charge in [-0.05, 0) is 106 Å². The summed E-state index contributed by atoms with van der Waals surface area (Å²) in [6.07, 6.45) is 29.6. The maximum Gasteiger partial charge on any atom is 0.306 e. The summed E-state index contributed by atoms with van der Waals surface area (Å²) in [6.45, 7) is 27.4. The number of carbonyl (C=O) groups is 2. The number of carbonyl (C=O) groups excluding carboxylic acids is 2. The van der Waals surface area contributed by atoms with Crippen molar-refractivity contribution < 1.29 is 19.1 Å². The summed E-state index contributed by atoms with van der Waals surface area (Å²) in [6, 6.07) is 0. The molecule has 0 saturated heterocycles. The Kier molecular flexibility index (Phi) is 31.7. The van der Waals surface area contributed by atoms with Crippen LogP contribution in [0.2, 0.25) is 0 Å². The quantitative estimate of drug-likeness (QED) is 0.0486. The van der Waals surface area contributed by atoms with E-state index in [1.165, 1.54) is 114 Å². The zero-order valence-corrected chi connectivity index (χ0v) is 37.7. The SMILES string of the molecule is CCC(C=C(C)CCCC(C)CCCC(C)CCCC(C)C)OC(=O)CCCC(=O)OC(C=C(C)CCCC(C)CCCC(C)CCCC(C)C)CC. The first-order valence-electron chi connectivity index (χ1n) is 22.9. The molecule has 53 heavy (non-hydrogen) atoms. The maximum absolute atomic E-state index is 12.6. The molecule has 0 aliphatic carbocycles. The predicted molar refractivity (Wildman–Crippen MR) is 231 cm³/mol. The third kappa shape index (κ3) is 32.4. The molecule has 312 valence electrons. The highest BCUT2D eigenvalue weighted by atomic mass is 16.5. The fraction of sp³-hybridized carbons (Fsp3) is 0.878. The molecule has 0 spiro atoms. The fourth-order valence-corrected chi connectivity index (χ4v) is 7.52. The van der Waals surface area contributed by atoms with Gasteiger partial charge in [-0.15, -0.1) is 0 Å².